The van der Waals surface area contributed by atoms with Gasteiger partial charge in [-0.3, -0.25) is 0 Å². The topological polar surface area (TPSA) is 0 Å². The number of rotatable bonds is 3. The third-order valence-electron chi connectivity index (χ3n) is 0.692. The summed E-state index contributed by atoms with van der Waals surface area (Å²) >= 11 is -6.41. The van der Waals surface area contributed by atoms with Gasteiger partial charge in [-0.25, -0.2) is 0 Å². The third kappa shape index (κ3) is 11.3. The van der Waals surface area contributed by atoms with Gasteiger partial charge in [0.2, 0.25) is 0 Å². The summed E-state index contributed by atoms with van der Waals surface area (Å²) in [6.07, 6.45) is 0. The Hall–Kier alpha value is 3.34. The molecule has 0 unspecified atom stereocenters. The van der Waals surface area contributed by atoms with Crippen molar-refractivity contribution < 1.29 is 0 Å². The van der Waals surface area contributed by atoms with Crippen molar-refractivity contribution in [1.82, 2.24) is 0 Å². The van der Waals surface area contributed by atoms with Crippen LogP contribution >= 0.6 is 53.5 Å². The molecular weight excluding hydrogens is 474 g/mol. The molecule has 0 atom stereocenters. The van der Waals surface area contributed by atoms with Gasteiger partial charge in [-0.15, -0.1) is 0 Å². The Morgan fingerprint density at radius 2 is 0.800 bits per heavy atom. The van der Waals surface area contributed by atoms with Crippen molar-refractivity contribution >= 4 is 83.5 Å². The van der Waals surface area contributed by atoms with Gasteiger partial charge >= 0.3 is 92.4 Å². The molecule has 0 saturated carbocycles. The van der Waals surface area contributed by atoms with Crippen LogP contribution in [0.3, 0.4) is 0 Å². The average Bonchev–Trinajstić information content (AvgIpc) is 1.57. The standard InChI is InChI=1S/C2H4.6ClH.2Sn/c1-2;;;;;;;;/h1-2H2;6*1H;;/q;;;;;;;2*+3/p-6. The summed E-state index contributed by atoms with van der Waals surface area (Å²) in [5.41, 5.74) is 0. The van der Waals surface area contributed by atoms with Crippen molar-refractivity contribution in [1.29, 1.82) is 0 Å². The molecule has 0 saturated heterocycles. The van der Waals surface area contributed by atoms with Crippen LogP contribution in [0.15, 0.2) is 0 Å². The van der Waals surface area contributed by atoms with Crippen molar-refractivity contribution in [3.63, 3.8) is 0 Å². The summed E-state index contributed by atoms with van der Waals surface area (Å²) in [6.45, 7) is 0. The van der Waals surface area contributed by atoms with Crippen molar-refractivity contribution in [2.24, 2.45) is 0 Å². The molecular formula is C2H4Cl6Sn2. The Morgan fingerprint density at radius 3 is 0.900 bits per heavy atom. The van der Waals surface area contributed by atoms with Crippen LogP contribution in [0.5, 0.6) is 0 Å². The summed E-state index contributed by atoms with van der Waals surface area (Å²) in [4.78, 5) is 0. The predicted molar refractivity (Wildman–Crippen MR) is 56.2 cm³/mol. The van der Waals surface area contributed by atoms with Crippen molar-refractivity contribution in [2.45, 2.75) is 8.87 Å². The third-order valence-corrected chi connectivity index (χ3v) is 17.0. The van der Waals surface area contributed by atoms with Crippen LogP contribution in [0.2, 0.25) is 8.87 Å². The molecule has 62 valence electrons. The van der Waals surface area contributed by atoms with Gasteiger partial charge in [-0.1, -0.05) is 0 Å². The van der Waals surface area contributed by atoms with Gasteiger partial charge in [0.05, 0.1) is 0 Å². The van der Waals surface area contributed by atoms with E-state index in [1.54, 1.807) is 0 Å². The number of halogens is 6. The van der Waals surface area contributed by atoms with Gasteiger partial charge in [-0.2, -0.15) is 0 Å². The van der Waals surface area contributed by atoms with Crippen molar-refractivity contribution in [2.75, 3.05) is 0 Å². The van der Waals surface area contributed by atoms with E-state index in [0.29, 0.717) is 8.87 Å². The summed E-state index contributed by atoms with van der Waals surface area (Å²) in [5.74, 6) is 0. The van der Waals surface area contributed by atoms with E-state index in [-0.39, 0.29) is 0 Å². The second-order valence-electron chi connectivity index (χ2n) is 1.73. The monoisotopic (exact) mass is 478 g/mol. The van der Waals surface area contributed by atoms with E-state index >= 15 is 0 Å². The molecule has 0 aromatic heterocycles. The van der Waals surface area contributed by atoms with Gasteiger partial charge in [0.1, 0.15) is 0 Å². The second-order valence-corrected chi connectivity index (χ2v) is 45.4. The Bertz CT molecular complexity index is 87.3. The van der Waals surface area contributed by atoms with Crippen LogP contribution in [0.25, 0.3) is 0 Å². The normalized spacial score (nSPS) is 13.8. The zero-order valence-electron chi connectivity index (χ0n) is 4.68. The molecule has 8 heteroatoms. The van der Waals surface area contributed by atoms with Crippen molar-refractivity contribution in [3.8, 4) is 0 Å². The Morgan fingerprint density at radius 1 is 0.600 bits per heavy atom. The van der Waals surface area contributed by atoms with Crippen LogP contribution in [-0.4, -0.2) is 30.0 Å². The molecule has 0 N–H and O–H groups in total. The van der Waals surface area contributed by atoms with Crippen LogP contribution in [0, 0.1) is 0 Å². The zero-order chi connectivity index (χ0) is 8.41. The maximum atomic E-state index is 5.64. The molecule has 0 aromatic carbocycles. The van der Waals surface area contributed by atoms with E-state index in [2.05, 4.69) is 0 Å². The molecule has 0 amide bonds. The Kier molecular flexibility index (Phi) is 7.04. The van der Waals surface area contributed by atoms with E-state index in [1.165, 1.54) is 0 Å². The molecule has 0 bridgehead atoms. The average molecular weight is 478 g/mol. The first kappa shape index (κ1) is 13.3. The summed E-state index contributed by atoms with van der Waals surface area (Å²) in [6, 6.07) is 0. The van der Waals surface area contributed by atoms with E-state index in [0.717, 1.165) is 0 Å². The van der Waals surface area contributed by atoms with Gasteiger partial charge < -0.3 is 0 Å². The molecule has 0 aliphatic rings. The van der Waals surface area contributed by atoms with Gasteiger partial charge in [0, 0.05) is 0 Å². The van der Waals surface area contributed by atoms with Crippen LogP contribution < -0.4 is 0 Å². The Labute approximate surface area is 90.5 Å². The minimum absolute atomic E-state index is 0.534. The maximum absolute atomic E-state index is 5.64. The number of hydrogen-bond donors (Lipinski definition) is 0. The SMILES string of the molecule is [Cl][Sn]([Cl])([Cl])[CH2][CH2][Sn]([Cl])([Cl])[Cl]. The molecule has 0 nitrogen and oxygen atoms in total. The predicted octanol–water partition coefficient (Wildman–Crippen LogP) is 4.30. The van der Waals surface area contributed by atoms with Gasteiger partial charge in [-0.05, 0) is 0 Å². The van der Waals surface area contributed by atoms with Gasteiger partial charge in [0.15, 0.2) is 0 Å². The van der Waals surface area contributed by atoms with Crippen LogP contribution in [0.4, 0.5) is 0 Å². The first-order valence-corrected chi connectivity index (χ1v) is 28.1. The minimum atomic E-state index is -3.20. The van der Waals surface area contributed by atoms with Crippen LogP contribution in [-0.2, 0) is 0 Å². The molecule has 0 spiro atoms. The molecule has 0 fully saturated rings. The second kappa shape index (κ2) is 5.28. The molecule has 0 aromatic rings. The van der Waals surface area contributed by atoms with Crippen molar-refractivity contribution in [3.05, 3.63) is 0 Å². The summed E-state index contributed by atoms with van der Waals surface area (Å²) in [7, 11) is 33.8. The molecule has 0 heterocycles. The molecule has 0 aliphatic heterocycles. The molecule has 0 aliphatic carbocycles. The fourth-order valence-electron chi connectivity index (χ4n) is 0.283. The molecule has 10 heavy (non-hydrogen) atoms. The summed E-state index contributed by atoms with van der Waals surface area (Å²) in [5, 5.41) is 0. The van der Waals surface area contributed by atoms with Crippen LogP contribution in [0.1, 0.15) is 0 Å². The molecule has 0 radical (unpaired) electrons. The quantitative estimate of drug-likeness (QED) is 0.532. The fourth-order valence-corrected chi connectivity index (χ4v) is 38.3. The van der Waals surface area contributed by atoms with Gasteiger partial charge in [0.25, 0.3) is 0 Å². The number of hydrogen-bond acceptors (Lipinski definition) is 0. The fraction of sp³-hybridized carbons (Fsp3) is 1.00. The van der Waals surface area contributed by atoms with E-state index in [4.69, 9.17) is 53.5 Å². The summed E-state index contributed by atoms with van der Waals surface area (Å²) < 4.78 is 1.07. The first-order valence-electron chi connectivity index (χ1n) is 2.34. The first-order chi connectivity index (χ1) is 4.21. The van der Waals surface area contributed by atoms with E-state index in [9.17, 15) is 0 Å². The van der Waals surface area contributed by atoms with E-state index < -0.39 is 30.0 Å². The van der Waals surface area contributed by atoms with E-state index in [1.807, 2.05) is 0 Å². The zero-order valence-corrected chi connectivity index (χ0v) is 14.9. The Balaban J connectivity index is 3.56. The molecule has 0 rings (SSSR count).